The number of halogens is 1. The number of nitrogens with one attached hydrogen (secondary N) is 1. The Morgan fingerprint density at radius 2 is 2.06 bits per heavy atom. The maximum atomic E-state index is 11.8. The quantitative estimate of drug-likeness (QED) is 0.399. The molecule has 1 N–H and O–H groups in total. The number of cyclic esters (lactones) is 1. The first-order valence-electron chi connectivity index (χ1n) is 10.4. The summed E-state index contributed by atoms with van der Waals surface area (Å²) in [5.41, 5.74) is 3.29. The Bertz CT molecular complexity index is 1270. The van der Waals surface area contributed by atoms with E-state index in [0.29, 0.717) is 43.3 Å². The predicted molar refractivity (Wildman–Crippen MR) is 121 cm³/mol. The van der Waals surface area contributed by atoms with E-state index in [9.17, 15) is 4.79 Å². The number of esters is 1. The van der Waals surface area contributed by atoms with E-state index in [1.807, 2.05) is 35.9 Å². The number of hydrogen-bond donors (Lipinski definition) is 1. The highest BCUT2D eigenvalue weighted by molar-refractivity contribution is 9.10. The number of hydrogen-bond acceptors (Lipinski definition) is 8. The van der Waals surface area contributed by atoms with Crippen LogP contribution in [0.2, 0.25) is 0 Å². The van der Waals surface area contributed by atoms with Crippen LogP contribution < -0.4 is 5.32 Å². The third-order valence-corrected chi connectivity index (χ3v) is 5.95. The zero-order chi connectivity index (χ0) is 22.1. The van der Waals surface area contributed by atoms with Gasteiger partial charge in [0, 0.05) is 29.7 Å². The lowest BCUT2D eigenvalue weighted by Gasteiger charge is -2.24. The van der Waals surface area contributed by atoms with Crippen LogP contribution in [0.4, 0.5) is 5.69 Å². The highest BCUT2D eigenvalue weighted by Gasteiger charge is 2.25. The first-order chi connectivity index (χ1) is 15.6. The molecule has 9 nitrogen and oxygen atoms in total. The molecule has 3 aromatic heterocycles. The fraction of sp³-hybridized carbons (Fsp3) is 0.318. The Labute approximate surface area is 192 Å². The third kappa shape index (κ3) is 4.10. The lowest BCUT2D eigenvalue weighted by atomic mass is 10.1. The molecule has 164 valence electrons. The summed E-state index contributed by atoms with van der Waals surface area (Å²) >= 11 is 3.44. The summed E-state index contributed by atoms with van der Waals surface area (Å²) in [6, 6.07) is 7.92. The number of benzene rings is 1. The Hall–Kier alpha value is -3.27. The molecular weight excluding hydrogens is 476 g/mol. The summed E-state index contributed by atoms with van der Waals surface area (Å²) in [4.78, 5) is 16.4. The number of rotatable bonds is 6. The molecule has 4 aromatic rings. The van der Waals surface area contributed by atoms with Crippen LogP contribution in [0.1, 0.15) is 31.2 Å². The summed E-state index contributed by atoms with van der Waals surface area (Å²) in [6.07, 6.45) is 5.04. The summed E-state index contributed by atoms with van der Waals surface area (Å²) < 4.78 is 13.9. The first-order valence-corrected chi connectivity index (χ1v) is 11.2. The second-order valence-corrected chi connectivity index (χ2v) is 8.52. The van der Waals surface area contributed by atoms with Gasteiger partial charge in [0.15, 0.2) is 5.65 Å². The van der Waals surface area contributed by atoms with Gasteiger partial charge in [0.1, 0.15) is 0 Å². The van der Waals surface area contributed by atoms with Crippen LogP contribution in [0.15, 0.2) is 45.5 Å². The van der Waals surface area contributed by atoms with Gasteiger partial charge in [-0.05, 0) is 24.6 Å². The molecule has 4 heterocycles. The van der Waals surface area contributed by atoms with Crippen molar-refractivity contribution in [1.29, 1.82) is 0 Å². The lowest BCUT2D eigenvalue weighted by Crippen LogP contribution is -2.31. The molecule has 32 heavy (non-hydrogen) atoms. The SMILES string of the molecule is CCn1ncc2c(NC3CCOC(=O)C3)c(-c3nnc(Cc4ccc(Br)cc4)o3)cnc21. The van der Waals surface area contributed by atoms with Gasteiger partial charge in [0.05, 0.1) is 42.3 Å². The van der Waals surface area contributed by atoms with Crippen molar-refractivity contribution in [3.63, 3.8) is 0 Å². The zero-order valence-corrected chi connectivity index (χ0v) is 19.0. The van der Waals surface area contributed by atoms with E-state index in [-0.39, 0.29) is 12.0 Å². The summed E-state index contributed by atoms with van der Waals surface area (Å²) in [5.74, 6) is 0.676. The van der Waals surface area contributed by atoms with Gasteiger partial charge in [-0.3, -0.25) is 4.79 Å². The molecule has 10 heteroatoms. The van der Waals surface area contributed by atoms with Crippen LogP contribution in [0.5, 0.6) is 0 Å². The van der Waals surface area contributed by atoms with Crippen LogP contribution in [-0.4, -0.2) is 43.6 Å². The molecule has 5 rings (SSSR count). The molecule has 0 amide bonds. The fourth-order valence-electron chi connectivity index (χ4n) is 3.79. The zero-order valence-electron chi connectivity index (χ0n) is 17.4. The molecule has 1 atom stereocenters. The van der Waals surface area contributed by atoms with Crippen LogP contribution in [0.3, 0.4) is 0 Å². The lowest BCUT2D eigenvalue weighted by molar-refractivity contribution is -0.147. The fourth-order valence-corrected chi connectivity index (χ4v) is 4.06. The van der Waals surface area contributed by atoms with Gasteiger partial charge in [0.2, 0.25) is 5.89 Å². The van der Waals surface area contributed by atoms with Crippen molar-refractivity contribution in [1.82, 2.24) is 25.0 Å². The number of carbonyl (C=O) groups is 1. The topological polar surface area (TPSA) is 108 Å². The molecule has 0 spiro atoms. The van der Waals surface area contributed by atoms with Crippen molar-refractivity contribution in [3.05, 3.63) is 52.6 Å². The highest BCUT2D eigenvalue weighted by Crippen LogP contribution is 2.34. The van der Waals surface area contributed by atoms with E-state index in [2.05, 4.69) is 41.5 Å². The molecule has 1 fully saturated rings. The molecule has 0 aliphatic carbocycles. The molecule has 0 radical (unpaired) electrons. The number of nitrogens with zero attached hydrogens (tertiary/aromatic N) is 5. The average Bonchev–Trinajstić information content (AvgIpc) is 3.42. The number of aromatic nitrogens is 5. The van der Waals surface area contributed by atoms with Gasteiger partial charge < -0.3 is 14.5 Å². The number of fused-ring (bicyclic) bond motifs is 1. The van der Waals surface area contributed by atoms with E-state index in [4.69, 9.17) is 9.15 Å². The molecule has 1 aliphatic rings. The second kappa shape index (κ2) is 8.70. The molecule has 0 saturated carbocycles. The number of carbonyl (C=O) groups excluding carboxylic acids is 1. The number of aryl methyl sites for hydroxylation is 1. The third-order valence-electron chi connectivity index (χ3n) is 5.42. The van der Waals surface area contributed by atoms with Gasteiger partial charge in [-0.2, -0.15) is 5.10 Å². The number of ether oxygens (including phenoxy) is 1. The Kier molecular flexibility index (Phi) is 5.60. The molecule has 1 unspecified atom stereocenters. The number of anilines is 1. The van der Waals surface area contributed by atoms with E-state index < -0.39 is 0 Å². The highest BCUT2D eigenvalue weighted by atomic mass is 79.9. The monoisotopic (exact) mass is 496 g/mol. The minimum atomic E-state index is -0.209. The van der Waals surface area contributed by atoms with Crippen LogP contribution in [-0.2, 0) is 22.5 Å². The Morgan fingerprint density at radius 3 is 2.84 bits per heavy atom. The van der Waals surface area contributed by atoms with Gasteiger partial charge >= 0.3 is 5.97 Å². The van der Waals surface area contributed by atoms with Crippen molar-refractivity contribution < 1.29 is 13.9 Å². The maximum Gasteiger partial charge on any atom is 0.307 e. The van der Waals surface area contributed by atoms with Gasteiger partial charge in [-0.1, -0.05) is 28.1 Å². The largest absolute Gasteiger partial charge is 0.466 e. The van der Waals surface area contributed by atoms with Gasteiger partial charge in [-0.15, -0.1) is 10.2 Å². The van der Waals surface area contributed by atoms with E-state index in [1.165, 1.54) is 0 Å². The normalized spacial score (nSPS) is 16.3. The van der Waals surface area contributed by atoms with Crippen molar-refractivity contribution in [3.8, 4) is 11.5 Å². The van der Waals surface area contributed by atoms with Crippen molar-refractivity contribution in [2.24, 2.45) is 0 Å². The number of pyridine rings is 1. The van der Waals surface area contributed by atoms with E-state index in [0.717, 1.165) is 33.2 Å². The standard InChI is InChI=1S/C22H21BrN6O3/c1-2-29-21-16(12-25-29)20(26-15-7-8-31-19(30)10-15)17(11-24-21)22-28-27-18(32-22)9-13-3-5-14(23)6-4-13/h3-6,11-12,15H,2,7-10H2,1H3,(H,24,26). The minimum Gasteiger partial charge on any atom is -0.466 e. The first kappa shape index (κ1) is 20.6. The van der Waals surface area contributed by atoms with Crippen molar-refractivity contribution in [2.45, 2.75) is 38.8 Å². The van der Waals surface area contributed by atoms with Gasteiger partial charge in [0.25, 0.3) is 5.89 Å². The van der Waals surface area contributed by atoms with Crippen molar-refractivity contribution in [2.75, 3.05) is 11.9 Å². The predicted octanol–water partition coefficient (Wildman–Crippen LogP) is 3.97. The molecule has 1 aromatic carbocycles. The smallest absolute Gasteiger partial charge is 0.307 e. The van der Waals surface area contributed by atoms with Crippen LogP contribution in [0, 0.1) is 0 Å². The van der Waals surface area contributed by atoms with E-state index in [1.54, 1.807) is 12.4 Å². The minimum absolute atomic E-state index is 0.0595. The molecular formula is C22H21BrN6O3. The molecule has 1 aliphatic heterocycles. The Morgan fingerprint density at radius 1 is 1.22 bits per heavy atom. The van der Waals surface area contributed by atoms with Crippen LogP contribution in [0.25, 0.3) is 22.5 Å². The summed E-state index contributed by atoms with van der Waals surface area (Å²) in [6.45, 7) is 3.10. The molecule has 1 saturated heterocycles. The van der Waals surface area contributed by atoms with Crippen molar-refractivity contribution >= 4 is 38.6 Å². The van der Waals surface area contributed by atoms with Gasteiger partial charge in [-0.25, -0.2) is 9.67 Å². The van der Waals surface area contributed by atoms with Crippen LogP contribution >= 0.6 is 15.9 Å². The summed E-state index contributed by atoms with van der Waals surface area (Å²) in [5, 5.41) is 17.3. The Balaban J connectivity index is 1.51. The van der Waals surface area contributed by atoms with E-state index >= 15 is 0 Å². The maximum absolute atomic E-state index is 11.8. The average molecular weight is 497 g/mol. The second-order valence-electron chi connectivity index (χ2n) is 7.60. The summed E-state index contributed by atoms with van der Waals surface area (Å²) in [7, 11) is 0. The molecule has 0 bridgehead atoms.